The largest absolute Gasteiger partial charge is 0.462 e. The van der Waals surface area contributed by atoms with E-state index in [0.29, 0.717) is 29.5 Å². The normalized spacial score (nSPS) is 17.5. The number of carbonyl (C=O) groups is 2. The fraction of sp³-hybridized carbons (Fsp3) is 0.667. The van der Waals surface area contributed by atoms with Crippen molar-refractivity contribution in [1.29, 1.82) is 0 Å². The Balaban J connectivity index is 2.35. The Kier molecular flexibility index (Phi) is 5.50. The molecule has 1 aliphatic rings. The molecular formula is C18H27NO3S. The van der Waals surface area contributed by atoms with Gasteiger partial charge in [-0.15, -0.1) is 11.3 Å². The van der Waals surface area contributed by atoms with Gasteiger partial charge in [-0.1, -0.05) is 27.7 Å². The lowest BCUT2D eigenvalue weighted by Gasteiger charge is -2.20. The first-order valence-corrected chi connectivity index (χ1v) is 9.17. The van der Waals surface area contributed by atoms with E-state index in [1.165, 1.54) is 4.88 Å². The van der Waals surface area contributed by atoms with E-state index in [0.717, 1.165) is 24.8 Å². The first-order chi connectivity index (χ1) is 10.7. The van der Waals surface area contributed by atoms with Gasteiger partial charge in [0, 0.05) is 11.3 Å². The zero-order chi connectivity index (χ0) is 17.2. The molecule has 1 aromatic heterocycles. The maximum absolute atomic E-state index is 12.4. The van der Waals surface area contributed by atoms with Crippen molar-refractivity contribution in [3.8, 4) is 0 Å². The third kappa shape index (κ3) is 4.34. The number of aryl methyl sites for hydroxylation is 1. The molecule has 2 rings (SSSR count). The van der Waals surface area contributed by atoms with Crippen LogP contribution in [0.1, 0.15) is 80.6 Å². The number of amides is 1. The second-order valence-electron chi connectivity index (χ2n) is 7.44. The number of rotatable bonds is 4. The number of ether oxygens (including phenoxy) is 1. The van der Waals surface area contributed by atoms with Crippen LogP contribution in [-0.4, -0.2) is 18.5 Å². The first-order valence-electron chi connectivity index (χ1n) is 8.35. The topological polar surface area (TPSA) is 55.4 Å². The molecule has 0 saturated carbocycles. The van der Waals surface area contributed by atoms with Crippen LogP contribution in [0.2, 0.25) is 0 Å². The summed E-state index contributed by atoms with van der Waals surface area (Å²) in [6.45, 7) is 10.4. The third-order valence-corrected chi connectivity index (χ3v) is 5.16. The van der Waals surface area contributed by atoms with Crippen LogP contribution in [0.15, 0.2) is 0 Å². The molecule has 4 nitrogen and oxygen atoms in total. The molecule has 1 heterocycles. The summed E-state index contributed by atoms with van der Waals surface area (Å²) in [5.74, 6) is -0.0261. The van der Waals surface area contributed by atoms with Crippen molar-refractivity contribution in [2.45, 2.75) is 66.2 Å². The fourth-order valence-electron chi connectivity index (χ4n) is 3.06. The van der Waals surface area contributed by atoms with E-state index in [4.69, 9.17) is 4.74 Å². The highest BCUT2D eigenvalue weighted by molar-refractivity contribution is 7.17. The van der Waals surface area contributed by atoms with Crippen molar-refractivity contribution in [2.24, 2.45) is 5.41 Å². The monoisotopic (exact) mass is 337 g/mol. The minimum atomic E-state index is -0.315. The average Bonchev–Trinajstić information content (AvgIpc) is 2.76. The van der Waals surface area contributed by atoms with E-state index >= 15 is 0 Å². The van der Waals surface area contributed by atoms with Crippen molar-refractivity contribution < 1.29 is 14.3 Å². The second-order valence-corrected chi connectivity index (χ2v) is 8.55. The summed E-state index contributed by atoms with van der Waals surface area (Å²) in [4.78, 5) is 26.0. The molecule has 1 aromatic rings. The van der Waals surface area contributed by atoms with Crippen molar-refractivity contribution >= 4 is 28.2 Å². The van der Waals surface area contributed by atoms with Crippen LogP contribution in [0, 0.1) is 5.41 Å². The Bertz CT molecular complexity index is 598. The maximum atomic E-state index is 12.4. The van der Waals surface area contributed by atoms with Gasteiger partial charge in [-0.25, -0.2) is 4.79 Å². The summed E-state index contributed by atoms with van der Waals surface area (Å²) in [6.07, 6.45) is 3.61. The van der Waals surface area contributed by atoms with Gasteiger partial charge in [-0.2, -0.15) is 0 Å². The van der Waals surface area contributed by atoms with Crippen LogP contribution in [0.25, 0.3) is 0 Å². The highest BCUT2D eigenvalue weighted by Crippen LogP contribution is 2.43. The van der Waals surface area contributed by atoms with E-state index in [-0.39, 0.29) is 17.3 Å². The molecule has 0 saturated heterocycles. The lowest BCUT2D eigenvalue weighted by Crippen LogP contribution is -2.21. The highest BCUT2D eigenvalue weighted by Gasteiger charge is 2.31. The van der Waals surface area contributed by atoms with Crippen LogP contribution in [0.5, 0.6) is 0 Å². The van der Waals surface area contributed by atoms with Gasteiger partial charge >= 0.3 is 5.97 Å². The number of fused-ring (bicyclic) bond motifs is 1. The molecule has 0 aromatic carbocycles. The number of anilines is 1. The number of hydrogen-bond donors (Lipinski definition) is 1. The van der Waals surface area contributed by atoms with Crippen LogP contribution in [0.4, 0.5) is 5.00 Å². The lowest BCUT2D eigenvalue weighted by molar-refractivity contribution is -0.117. The summed E-state index contributed by atoms with van der Waals surface area (Å²) in [6, 6.07) is 0. The SMILES string of the molecule is CCOC(=O)c1c(NC(=O)CC(C)(C)C)sc2c1C(C)CCC2. The molecule has 23 heavy (non-hydrogen) atoms. The molecule has 0 spiro atoms. The van der Waals surface area contributed by atoms with Gasteiger partial charge in [0.15, 0.2) is 0 Å². The van der Waals surface area contributed by atoms with Crippen molar-refractivity contribution in [3.63, 3.8) is 0 Å². The predicted molar refractivity (Wildman–Crippen MR) is 94.3 cm³/mol. The third-order valence-electron chi connectivity index (χ3n) is 3.98. The van der Waals surface area contributed by atoms with Crippen LogP contribution in [0.3, 0.4) is 0 Å². The minimum absolute atomic E-state index is 0.0469. The summed E-state index contributed by atoms with van der Waals surface area (Å²) in [5.41, 5.74) is 1.59. The molecule has 1 atom stereocenters. The first kappa shape index (κ1) is 18.0. The van der Waals surface area contributed by atoms with Gasteiger partial charge in [0.05, 0.1) is 12.2 Å². The number of nitrogens with one attached hydrogen (secondary N) is 1. The molecule has 1 unspecified atom stereocenters. The van der Waals surface area contributed by atoms with Crippen LogP contribution in [-0.2, 0) is 16.0 Å². The average molecular weight is 337 g/mol. The zero-order valence-corrected chi connectivity index (χ0v) is 15.6. The maximum Gasteiger partial charge on any atom is 0.341 e. The van der Waals surface area contributed by atoms with E-state index in [1.807, 2.05) is 20.8 Å². The van der Waals surface area contributed by atoms with Crippen LogP contribution >= 0.6 is 11.3 Å². The second kappa shape index (κ2) is 7.04. The summed E-state index contributed by atoms with van der Waals surface area (Å²) < 4.78 is 5.24. The number of carbonyl (C=O) groups excluding carboxylic acids is 2. The summed E-state index contributed by atoms with van der Waals surface area (Å²) in [5, 5.41) is 3.63. The van der Waals surface area contributed by atoms with Crippen molar-refractivity contribution in [1.82, 2.24) is 0 Å². The van der Waals surface area contributed by atoms with E-state index in [2.05, 4.69) is 12.2 Å². The molecule has 0 fully saturated rings. The standard InChI is InChI=1S/C18H27NO3S/c1-6-22-17(21)15-14-11(2)8-7-9-12(14)23-16(15)19-13(20)10-18(3,4)5/h11H,6-10H2,1-5H3,(H,19,20). The Morgan fingerprint density at radius 1 is 1.35 bits per heavy atom. The molecule has 1 aliphatic carbocycles. The van der Waals surface area contributed by atoms with Gasteiger partial charge in [0.25, 0.3) is 0 Å². The van der Waals surface area contributed by atoms with Crippen molar-refractivity contribution in [2.75, 3.05) is 11.9 Å². The number of thiophene rings is 1. The Morgan fingerprint density at radius 3 is 2.65 bits per heavy atom. The molecule has 0 radical (unpaired) electrons. The molecule has 1 amide bonds. The molecule has 128 valence electrons. The fourth-order valence-corrected chi connectivity index (χ4v) is 4.42. The molecule has 5 heteroatoms. The number of esters is 1. The Morgan fingerprint density at radius 2 is 2.04 bits per heavy atom. The van der Waals surface area contributed by atoms with Gasteiger partial charge in [0.1, 0.15) is 5.00 Å². The lowest BCUT2D eigenvalue weighted by atomic mass is 9.86. The van der Waals surface area contributed by atoms with E-state index in [9.17, 15) is 9.59 Å². The van der Waals surface area contributed by atoms with E-state index < -0.39 is 0 Å². The molecular weight excluding hydrogens is 310 g/mol. The molecule has 0 bridgehead atoms. The van der Waals surface area contributed by atoms with Gasteiger partial charge in [0.2, 0.25) is 5.91 Å². The van der Waals surface area contributed by atoms with Gasteiger partial charge in [-0.3, -0.25) is 4.79 Å². The predicted octanol–water partition coefficient (Wildman–Crippen LogP) is 4.74. The zero-order valence-electron chi connectivity index (χ0n) is 14.7. The van der Waals surface area contributed by atoms with Crippen LogP contribution < -0.4 is 5.32 Å². The minimum Gasteiger partial charge on any atom is -0.462 e. The number of hydrogen-bond acceptors (Lipinski definition) is 4. The smallest absolute Gasteiger partial charge is 0.341 e. The Labute approximate surface area is 142 Å². The Hall–Kier alpha value is -1.36. The summed E-state index contributed by atoms with van der Waals surface area (Å²) >= 11 is 1.54. The highest BCUT2D eigenvalue weighted by atomic mass is 32.1. The molecule has 1 N–H and O–H groups in total. The van der Waals surface area contributed by atoms with E-state index in [1.54, 1.807) is 18.3 Å². The van der Waals surface area contributed by atoms with Crippen molar-refractivity contribution in [3.05, 3.63) is 16.0 Å². The summed E-state index contributed by atoms with van der Waals surface area (Å²) in [7, 11) is 0. The quantitative estimate of drug-likeness (QED) is 0.807. The van der Waals surface area contributed by atoms with Gasteiger partial charge < -0.3 is 10.1 Å². The molecule has 0 aliphatic heterocycles. The van der Waals surface area contributed by atoms with Gasteiger partial charge in [-0.05, 0) is 43.1 Å².